The number of aromatic nitrogens is 2. The third-order valence-electron chi connectivity index (χ3n) is 2.91. The molecule has 1 aromatic heterocycles. The standard InChI is InChI=1S/C12H13N3/c1-2-5-12(15-7-3-6-14-15)11(4-1)10-8-13-9-10/h1-7,10,13H,8-9H2. The van der Waals surface area contributed by atoms with Crippen LogP contribution >= 0.6 is 0 Å². The molecule has 1 aliphatic heterocycles. The van der Waals surface area contributed by atoms with Crippen LogP contribution in [0.1, 0.15) is 11.5 Å². The molecular formula is C12H13N3. The normalized spacial score (nSPS) is 16.3. The van der Waals surface area contributed by atoms with Crippen LogP contribution in [0, 0.1) is 0 Å². The Morgan fingerprint density at radius 1 is 1.20 bits per heavy atom. The van der Waals surface area contributed by atoms with Crippen LogP contribution < -0.4 is 5.32 Å². The highest BCUT2D eigenvalue weighted by molar-refractivity contribution is 5.43. The summed E-state index contributed by atoms with van der Waals surface area (Å²) in [4.78, 5) is 0. The van der Waals surface area contributed by atoms with E-state index in [4.69, 9.17) is 0 Å². The predicted octanol–water partition coefficient (Wildman–Crippen LogP) is 1.56. The zero-order valence-electron chi connectivity index (χ0n) is 8.43. The first-order valence-electron chi connectivity index (χ1n) is 5.25. The maximum absolute atomic E-state index is 4.28. The number of rotatable bonds is 2. The number of para-hydroxylation sites is 1. The molecule has 3 nitrogen and oxygen atoms in total. The molecule has 0 saturated carbocycles. The molecule has 1 aliphatic rings. The topological polar surface area (TPSA) is 29.9 Å². The Balaban J connectivity index is 2.06. The lowest BCUT2D eigenvalue weighted by atomic mass is 9.92. The first-order chi connectivity index (χ1) is 7.45. The molecule has 15 heavy (non-hydrogen) atoms. The number of nitrogens with one attached hydrogen (secondary N) is 1. The van der Waals surface area contributed by atoms with Crippen molar-refractivity contribution in [1.29, 1.82) is 0 Å². The van der Waals surface area contributed by atoms with Crippen LogP contribution in [0.2, 0.25) is 0 Å². The summed E-state index contributed by atoms with van der Waals surface area (Å²) in [7, 11) is 0. The molecule has 0 aliphatic carbocycles. The lowest BCUT2D eigenvalue weighted by molar-refractivity contribution is 0.447. The number of nitrogens with zero attached hydrogens (tertiary/aromatic N) is 2. The van der Waals surface area contributed by atoms with Crippen molar-refractivity contribution >= 4 is 0 Å². The van der Waals surface area contributed by atoms with Crippen molar-refractivity contribution in [3.8, 4) is 5.69 Å². The van der Waals surface area contributed by atoms with Gasteiger partial charge < -0.3 is 5.32 Å². The van der Waals surface area contributed by atoms with Gasteiger partial charge >= 0.3 is 0 Å². The summed E-state index contributed by atoms with van der Waals surface area (Å²) >= 11 is 0. The molecule has 0 bridgehead atoms. The lowest BCUT2D eigenvalue weighted by Crippen LogP contribution is -2.40. The van der Waals surface area contributed by atoms with Gasteiger partial charge in [-0.25, -0.2) is 4.68 Å². The van der Waals surface area contributed by atoms with Gasteiger partial charge in [-0.2, -0.15) is 5.10 Å². The average Bonchev–Trinajstić information content (AvgIpc) is 2.69. The van der Waals surface area contributed by atoms with Gasteiger partial charge in [0.2, 0.25) is 0 Å². The van der Waals surface area contributed by atoms with Gasteiger partial charge in [0, 0.05) is 31.4 Å². The molecule has 0 unspecified atom stereocenters. The number of hydrogen-bond donors (Lipinski definition) is 1. The molecule has 1 N–H and O–H groups in total. The summed E-state index contributed by atoms with van der Waals surface area (Å²) in [6, 6.07) is 10.4. The fourth-order valence-corrected chi connectivity index (χ4v) is 1.96. The molecule has 0 radical (unpaired) electrons. The SMILES string of the molecule is c1ccc(-n2cccn2)c(C2CNC2)c1. The highest BCUT2D eigenvalue weighted by Crippen LogP contribution is 2.25. The van der Waals surface area contributed by atoms with Crippen LogP contribution in [0.3, 0.4) is 0 Å². The molecule has 0 amide bonds. The van der Waals surface area contributed by atoms with Crippen LogP contribution in [0.25, 0.3) is 5.69 Å². The fourth-order valence-electron chi connectivity index (χ4n) is 1.96. The predicted molar refractivity (Wildman–Crippen MR) is 59.2 cm³/mol. The molecule has 76 valence electrons. The Hall–Kier alpha value is -1.61. The second-order valence-electron chi connectivity index (χ2n) is 3.86. The molecule has 1 fully saturated rings. The van der Waals surface area contributed by atoms with E-state index in [1.165, 1.54) is 11.3 Å². The molecule has 1 aromatic carbocycles. The highest BCUT2D eigenvalue weighted by Gasteiger charge is 2.21. The molecule has 0 atom stereocenters. The smallest absolute Gasteiger partial charge is 0.0681 e. The Morgan fingerprint density at radius 3 is 2.73 bits per heavy atom. The summed E-state index contributed by atoms with van der Waals surface area (Å²) in [5, 5.41) is 7.59. The molecule has 3 heteroatoms. The Morgan fingerprint density at radius 2 is 2.07 bits per heavy atom. The Bertz CT molecular complexity index is 444. The van der Waals surface area contributed by atoms with Crippen molar-refractivity contribution in [2.24, 2.45) is 0 Å². The summed E-state index contributed by atoms with van der Waals surface area (Å²) < 4.78 is 1.94. The minimum absolute atomic E-state index is 0.644. The van der Waals surface area contributed by atoms with Gasteiger partial charge in [-0.05, 0) is 17.7 Å². The molecule has 2 heterocycles. The van der Waals surface area contributed by atoms with Crippen LogP contribution in [-0.2, 0) is 0 Å². The van der Waals surface area contributed by atoms with Crippen LogP contribution in [-0.4, -0.2) is 22.9 Å². The van der Waals surface area contributed by atoms with E-state index < -0.39 is 0 Å². The van der Waals surface area contributed by atoms with Crippen molar-refractivity contribution in [3.05, 3.63) is 48.3 Å². The summed E-state index contributed by atoms with van der Waals surface area (Å²) in [6.07, 6.45) is 3.81. The van der Waals surface area contributed by atoms with E-state index >= 15 is 0 Å². The van der Waals surface area contributed by atoms with E-state index in [0.29, 0.717) is 5.92 Å². The van der Waals surface area contributed by atoms with E-state index in [1.54, 1.807) is 0 Å². The summed E-state index contributed by atoms with van der Waals surface area (Å²) in [6.45, 7) is 2.16. The zero-order valence-corrected chi connectivity index (χ0v) is 8.43. The Kier molecular flexibility index (Phi) is 2.03. The van der Waals surface area contributed by atoms with Crippen molar-refractivity contribution in [2.45, 2.75) is 5.92 Å². The minimum Gasteiger partial charge on any atom is -0.315 e. The van der Waals surface area contributed by atoms with E-state index in [-0.39, 0.29) is 0 Å². The van der Waals surface area contributed by atoms with Crippen LogP contribution in [0.5, 0.6) is 0 Å². The minimum atomic E-state index is 0.644. The van der Waals surface area contributed by atoms with Crippen molar-refractivity contribution < 1.29 is 0 Å². The molecule has 1 saturated heterocycles. The van der Waals surface area contributed by atoms with E-state index in [2.05, 4.69) is 34.7 Å². The lowest BCUT2D eigenvalue weighted by Gasteiger charge is -2.29. The monoisotopic (exact) mass is 199 g/mol. The third kappa shape index (κ3) is 1.45. The second-order valence-corrected chi connectivity index (χ2v) is 3.86. The van der Waals surface area contributed by atoms with E-state index in [1.807, 2.05) is 23.1 Å². The highest BCUT2D eigenvalue weighted by atomic mass is 15.3. The maximum atomic E-state index is 4.28. The Labute approximate surface area is 88.7 Å². The first-order valence-corrected chi connectivity index (χ1v) is 5.25. The number of benzene rings is 1. The van der Waals surface area contributed by atoms with Crippen LogP contribution in [0.15, 0.2) is 42.7 Å². The molecule has 2 aromatic rings. The maximum Gasteiger partial charge on any atom is 0.0681 e. The third-order valence-corrected chi connectivity index (χ3v) is 2.91. The molecular weight excluding hydrogens is 186 g/mol. The molecule has 3 rings (SSSR count). The van der Waals surface area contributed by atoms with Crippen LogP contribution in [0.4, 0.5) is 0 Å². The van der Waals surface area contributed by atoms with Gasteiger partial charge in [0.1, 0.15) is 0 Å². The van der Waals surface area contributed by atoms with Gasteiger partial charge in [-0.3, -0.25) is 0 Å². The summed E-state index contributed by atoms with van der Waals surface area (Å²) in [5.74, 6) is 0.644. The van der Waals surface area contributed by atoms with E-state index in [0.717, 1.165) is 13.1 Å². The van der Waals surface area contributed by atoms with Gasteiger partial charge in [0.15, 0.2) is 0 Å². The largest absolute Gasteiger partial charge is 0.315 e. The average molecular weight is 199 g/mol. The van der Waals surface area contributed by atoms with Crippen molar-refractivity contribution in [3.63, 3.8) is 0 Å². The van der Waals surface area contributed by atoms with E-state index in [9.17, 15) is 0 Å². The number of hydrogen-bond acceptors (Lipinski definition) is 2. The van der Waals surface area contributed by atoms with Gasteiger partial charge in [0.05, 0.1) is 5.69 Å². The van der Waals surface area contributed by atoms with Gasteiger partial charge in [-0.1, -0.05) is 18.2 Å². The fraction of sp³-hybridized carbons (Fsp3) is 0.250. The van der Waals surface area contributed by atoms with Crippen molar-refractivity contribution in [1.82, 2.24) is 15.1 Å². The second kappa shape index (κ2) is 3.51. The van der Waals surface area contributed by atoms with Gasteiger partial charge in [-0.15, -0.1) is 0 Å². The molecule has 0 spiro atoms. The summed E-state index contributed by atoms with van der Waals surface area (Å²) in [5.41, 5.74) is 2.59. The first kappa shape index (κ1) is 8.68. The van der Waals surface area contributed by atoms with Crippen molar-refractivity contribution in [2.75, 3.05) is 13.1 Å². The zero-order chi connectivity index (χ0) is 10.1. The van der Waals surface area contributed by atoms with Gasteiger partial charge in [0.25, 0.3) is 0 Å². The quantitative estimate of drug-likeness (QED) is 0.795.